The molecule has 0 fully saturated rings. The van der Waals surface area contributed by atoms with Crippen LogP contribution in [0.25, 0.3) is 5.57 Å². The molecule has 0 unspecified atom stereocenters. The SMILES string of the molecule is C=CN/C=C(\C)c1ccccc1OCCc1ccc(N)cc1. The van der Waals surface area contributed by atoms with Crippen LogP contribution in [0, 0.1) is 0 Å². The third kappa shape index (κ3) is 4.42. The maximum atomic E-state index is 5.95. The lowest BCUT2D eigenvalue weighted by molar-refractivity contribution is 0.321. The monoisotopic (exact) mass is 294 g/mol. The van der Waals surface area contributed by atoms with E-state index in [-0.39, 0.29) is 0 Å². The number of nitrogens with two attached hydrogens (primary N) is 1. The van der Waals surface area contributed by atoms with Gasteiger partial charge < -0.3 is 15.8 Å². The highest BCUT2D eigenvalue weighted by atomic mass is 16.5. The minimum Gasteiger partial charge on any atom is -0.493 e. The first-order valence-electron chi connectivity index (χ1n) is 7.31. The summed E-state index contributed by atoms with van der Waals surface area (Å²) < 4.78 is 5.95. The van der Waals surface area contributed by atoms with Gasteiger partial charge in [-0.25, -0.2) is 0 Å². The van der Waals surface area contributed by atoms with Gasteiger partial charge in [0, 0.05) is 23.9 Å². The Kier molecular flexibility index (Phi) is 5.66. The van der Waals surface area contributed by atoms with Gasteiger partial charge in [0.15, 0.2) is 0 Å². The number of rotatable bonds is 7. The van der Waals surface area contributed by atoms with Gasteiger partial charge in [-0.05, 0) is 42.5 Å². The molecule has 0 spiro atoms. The molecule has 3 heteroatoms. The van der Waals surface area contributed by atoms with Crippen molar-refractivity contribution < 1.29 is 4.74 Å². The van der Waals surface area contributed by atoms with Crippen molar-refractivity contribution >= 4 is 11.3 Å². The van der Waals surface area contributed by atoms with E-state index < -0.39 is 0 Å². The molecule has 0 bridgehead atoms. The zero-order valence-corrected chi connectivity index (χ0v) is 12.9. The lowest BCUT2D eigenvalue weighted by Crippen LogP contribution is -2.03. The van der Waals surface area contributed by atoms with Crippen molar-refractivity contribution in [3.63, 3.8) is 0 Å². The Bertz CT molecular complexity index is 645. The van der Waals surface area contributed by atoms with Crippen molar-refractivity contribution in [2.45, 2.75) is 13.3 Å². The van der Waals surface area contributed by atoms with Crippen LogP contribution >= 0.6 is 0 Å². The first-order valence-corrected chi connectivity index (χ1v) is 7.31. The summed E-state index contributed by atoms with van der Waals surface area (Å²) in [6, 6.07) is 15.9. The van der Waals surface area contributed by atoms with Crippen LogP contribution in [-0.4, -0.2) is 6.61 Å². The second-order valence-electron chi connectivity index (χ2n) is 5.03. The van der Waals surface area contributed by atoms with Crippen molar-refractivity contribution in [2.75, 3.05) is 12.3 Å². The molecule has 22 heavy (non-hydrogen) atoms. The molecule has 3 N–H and O–H groups in total. The van der Waals surface area contributed by atoms with Gasteiger partial charge in [-0.2, -0.15) is 0 Å². The van der Waals surface area contributed by atoms with Crippen molar-refractivity contribution in [1.29, 1.82) is 0 Å². The number of allylic oxidation sites excluding steroid dienone is 1. The van der Waals surface area contributed by atoms with Gasteiger partial charge >= 0.3 is 0 Å². The highest BCUT2D eigenvalue weighted by molar-refractivity contribution is 5.68. The third-order valence-corrected chi connectivity index (χ3v) is 3.36. The van der Waals surface area contributed by atoms with Crippen LogP contribution in [-0.2, 0) is 6.42 Å². The van der Waals surface area contributed by atoms with Gasteiger partial charge in [0.2, 0.25) is 0 Å². The van der Waals surface area contributed by atoms with Crippen molar-refractivity contribution in [2.24, 2.45) is 0 Å². The van der Waals surface area contributed by atoms with Crippen LogP contribution in [0.2, 0.25) is 0 Å². The number of benzene rings is 2. The zero-order valence-electron chi connectivity index (χ0n) is 12.9. The lowest BCUT2D eigenvalue weighted by Gasteiger charge is -2.12. The van der Waals surface area contributed by atoms with E-state index in [0.717, 1.165) is 29.0 Å². The molecule has 0 aromatic heterocycles. The van der Waals surface area contributed by atoms with E-state index in [1.165, 1.54) is 5.56 Å². The number of ether oxygens (including phenoxy) is 1. The molecule has 3 nitrogen and oxygen atoms in total. The zero-order chi connectivity index (χ0) is 15.8. The summed E-state index contributed by atoms with van der Waals surface area (Å²) in [5, 5.41) is 3.00. The largest absolute Gasteiger partial charge is 0.493 e. The van der Waals surface area contributed by atoms with E-state index in [0.29, 0.717) is 6.61 Å². The van der Waals surface area contributed by atoms with Crippen molar-refractivity contribution in [3.05, 3.63) is 78.6 Å². The highest BCUT2D eigenvalue weighted by Gasteiger charge is 2.04. The Balaban J connectivity index is 2.00. The fourth-order valence-electron chi connectivity index (χ4n) is 2.14. The highest BCUT2D eigenvalue weighted by Crippen LogP contribution is 2.25. The van der Waals surface area contributed by atoms with Gasteiger partial charge in [0.1, 0.15) is 5.75 Å². The van der Waals surface area contributed by atoms with Crippen LogP contribution in [0.4, 0.5) is 5.69 Å². The fraction of sp³-hybridized carbons (Fsp3) is 0.158. The smallest absolute Gasteiger partial charge is 0.126 e. The van der Waals surface area contributed by atoms with E-state index in [4.69, 9.17) is 10.5 Å². The second-order valence-corrected chi connectivity index (χ2v) is 5.03. The van der Waals surface area contributed by atoms with E-state index in [1.807, 2.05) is 55.6 Å². The first-order chi connectivity index (χ1) is 10.7. The Morgan fingerprint density at radius 2 is 1.91 bits per heavy atom. The average molecular weight is 294 g/mol. The molecule has 0 aliphatic rings. The summed E-state index contributed by atoms with van der Waals surface area (Å²) in [4.78, 5) is 0. The summed E-state index contributed by atoms with van der Waals surface area (Å²) in [7, 11) is 0. The van der Waals surface area contributed by atoms with Crippen molar-refractivity contribution in [1.82, 2.24) is 5.32 Å². The van der Waals surface area contributed by atoms with Gasteiger partial charge in [-0.15, -0.1) is 0 Å². The fourth-order valence-corrected chi connectivity index (χ4v) is 2.14. The van der Waals surface area contributed by atoms with Crippen LogP contribution in [0.5, 0.6) is 5.75 Å². The lowest BCUT2D eigenvalue weighted by atomic mass is 10.1. The minimum atomic E-state index is 0.628. The normalized spacial score (nSPS) is 11.0. The molecule has 0 atom stereocenters. The molecular weight excluding hydrogens is 272 g/mol. The number of nitrogens with one attached hydrogen (secondary N) is 1. The third-order valence-electron chi connectivity index (χ3n) is 3.36. The van der Waals surface area contributed by atoms with E-state index in [9.17, 15) is 0 Å². The maximum absolute atomic E-state index is 5.95. The Morgan fingerprint density at radius 1 is 1.18 bits per heavy atom. The predicted molar refractivity (Wildman–Crippen MR) is 93.5 cm³/mol. The minimum absolute atomic E-state index is 0.628. The van der Waals surface area contributed by atoms with Gasteiger partial charge in [-0.1, -0.05) is 36.9 Å². The molecule has 0 amide bonds. The molecule has 0 saturated carbocycles. The van der Waals surface area contributed by atoms with Crippen molar-refractivity contribution in [3.8, 4) is 5.75 Å². The molecule has 2 aromatic carbocycles. The maximum Gasteiger partial charge on any atom is 0.126 e. The van der Waals surface area contributed by atoms with E-state index in [2.05, 4.69) is 18.0 Å². The van der Waals surface area contributed by atoms with Crippen LogP contribution in [0.15, 0.2) is 67.5 Å². The van der Waals surface area contributed by atoms with Crippen LogP contribution < -0.4 is 15.8 Å². The summed E-state index contributed by atoms with van der Waals surface area (Å²) in [5.41, 5.74) is 9.86. The predicted octanol–water partition coefficient (Wildman–Crippen LogP) is 3.98. The number of hydrogen-bond acceptors (Lipinski definition) is 3. The quantitative estimate of drug-likeness (QED) is 0.759. The molecule has 0 heterocycles. The molecule has 0 radical (unpaired) electrons. The molecule has 0 saturated heterocycles. The van der Waals surface area contributed by atoms with Gasteiger partial charge in [0.25, 0.3) is 0 Å². The Morgan fingerprint density at radius 3 is 2.64 bits per heavy atom. The Labute approximate surface area is 132 Å². The van der Waals surface area contributed by atoms with Gasteiger partial charge in [0.05, 0.1) is 6.61 Å². The molecule has 2 aromatic rings. The van der Waals surface area contributed by atoms with Crippen LogP contribution in [0.3, 0.4) is 0 Å². The molecule has 0 aliphatic heterocycles. The summed E-state index contributed by atoms with van der Waals surface area (Å²) in [5.74, 6) is 0.887. The van der Waals surface area contributed by atoms with Crippen LogP contribution in [0.1, 0.15) is 18.1 Å². The molecular formula is C19H22N2O. The number of hydrogen-bond donors (Lipinski definition) is 2. The first kappa shape index (κ1) is 15.7. The summed E-state index contributed by atoms with van der Waals surface area (Å²) in [6.07, 6.45) is 4.41. The topological polar surface area (TPSA) is 47.3 Å². The second kappa shape index (κ2) is 7.93. The Hall–Kier alpha value is -2.68. The standard InChI is InChI=1S/C19H22N2O/c1-3-21-14-15(2)18-6-4-5-7-19(18)22-13-12-16-8-10-17(20)11-9-16/h3-11,14,21H,1,12-13,20H2,2H3/b15-14+. The van der Waals surface area contributed by atoms with E-state index >= 15 is 0 Å². The number of anilines is 1. The molecule has 2 rings (SSSR count). The molecule has 114 valence electrons. The summed E-state index contributed by atoms with van der Waals surface area (Å²) >= 11 is 0. The van der Waals surface area contributed by atoms with Gasteiger partial charge in [-0.3, -0.25) is 0 Å². The number of nitrogen functional groups attached to an aromatic ring is 1. The molecule has 0 aliphatic carbocycles. The average Bonchev–Trinajstić information content (AvgIpc) is 2.55. The number of para-hydroxylation sites is 1. The van der Waals surface area contributed by atoms with E-state index in [1.54, 1.807) is 6.20 Å². The summed E-state index contributed by atoms with van der Waals surface area (Å²) in [6.45, 7) is 6.31.